The van der Waals surface area contributed by atoms with Crippen LogP contribution in [0, 0.1) is 0 Å². The van der Waals surface area contributed by atoms with Crippen LogP contribution in [0.5, 0.6) is 0 Å². The lowest BCUT2D eigenvalue weighted by Crippen LogP contribution is -2.07. The average Bonchev–Trinajstić information content (AvgIpc) is 2.64. The lowest BCUT2D eigenvalue weighted by atomic mass is 9.98. The van der Waals surface area contributed by atoms with Crippen LogP contribution in [-0.4, -0.2) is 19.3 Å². The Morgan fingerprint density at radius 1 is 1.33 bits per heavy atom. The lowest BCUT2D eigenvalue weighted by Gasteiger charge is -2.09. The van der Waals surface area contributed by atoms with E-state index < -0.39 is 0 Å². The molecule has 0 atom stereocenters. The minimum atomic E-state index is -0.303. The number of allylic oxidation sites excluding steroid dienone is 1. The number of hydrogen-bond acceptors (Lipinski definition) is 3. The quantitative estimate of drug-likeness (QED) is 0.763. The van der Waals surface area contributed by atoms with Crippen molar-refractivity contribution in [1.82, 2.24) is 0 Å². The number of nitrogens with zero attached hydrogens (tertiary/aromatic N) is 1. The number of esters is 1. The van der Waals surface area contributed by atoms with Crippen LogP contribution in [0.1, 0.15) is 12.0 Å². The van der Waals surface area contributed by atoms with Crippen LogP contribution in [0.15, 0.2) is 58.7 Å². The van der Waals surface area contributed by atoms with Gasteiger partial charge in [0.15, 0.2) is 0 Å². The molecule has 1 aromatic carbocycles. The first-order valence-electron chi connectivity index (χ1n) is 5.83. The number of hydrogen-bond donors (Lipinski definition) is 0. The van der Waals surface area contributed by atoms with Gasteiger partial charge in [0.25, 0.3) is 0 Å². The van der Waals surface area contributed by atoms with E-state index in [1.165, 1.54) is 12.7 Å². The number of benzene rings is 1. The summed E-state index contributed by atoms with van der Waals surface area (Å²) in [5.41, 5.74) is 2.82. The molecule has 0 unspecified atom stereocenters. The highest BCUT2D eigenvalue weighted by molar-refractivity contribution is 5.93. The van der Waals surface area contributed by atoms with Gasteiger partial charge < -0.3 is 4.74 Å². The summed E-state index contributed by atoms with van der Waals surface area (Å²) in [6.07, 6.45) is 6.57. The highest BCUT2D eigenvalue weighted by Gasteiger charge is 2.14. The Kier molecular flexibility index (Phi) is 4.07. The molecule has 2 rings (SSSR count). The van der Waals surface area contributed by atoms with Gasteiger partial charge in [-0.05, 0) is 23.6 Å². The van der Waals surface area contributed by atoms with Crippen molar-refractivity contribution in [2.24, 2.45) is 4.99 Å². The first-order chi connectivity index (χ1) is 8.81. The number of carbonyl (C=O) groups excluding carboxylic acids is 1. The minimum Gasteiger partial charge on any atom is -0.465 e. The maximum absolute atomic E-state index is 11.7. The third-order valence-electron chi connectivity index (χ3n) is 2.82. The van der Waals surface area contributed by atoms with Gasteiger partial charge in [0.05, 0.1) is 12.7 Å². The van der Waals surface area contributed by atoms with E-state index >= 15 is 0 Å². The second kappa shape index (κ2) is 5.96. The molecule has 1 aliphatic rings. The second-order valence-electron chi connectivity index (χ2n) is 4.02. The summed E-state index contributed by atoms with van der Waals surface area (Å²) in [6.45, 7) is 0. The van der Waals surface area contributed by atoms with Crippen molar-refractivity contribution in [3.63, 3.8) is 0 Å². The molecular formula is C15H15NO2. The van der Waals surface area contributed by atoms with Gasteiger partial charge in [-0.25, -0.2) is 4.79 Å². The predicted octanol–water partition coefficient (Wildman–Crippen LogP) is 2.69. The van der Waals surface area contributed by atoms with Crippen molar-refractivity contribution in [3.05, 3.63) is 59.3 Å². The molecule has 0 saturated carbocycles. The topological polar surface area (TPSA) is 38.7 Å². The molecule has 3 heteroatoms. The molecule has 0 amide bonds. The zero-order valence-electron chi connectivity index (χ0n) is 10.3. The van der Waals surface area contributed by atoms with E-state index in [2.05, 4.69) is 4.99 Å². The molecule has 92 valence electrons. The van der Waals surface area contributed by atoms with Crippen LogP contribution >= 0.6 is 0 Å². The van der Waals surface area contributed by atoms with Crippen molar-refractivity contribution in [1.29, 1.82) is 0 Å². The summed E-state index contributed by atoms with van der Waals surface area (Å²) in [5.74, 6) is -0.303. The fourth-order valence-corrected chi connectivity index (χ4v) is 1.90. The smallest absolute Gasteiger partial charge is 0.337 e. The number of ether oxygens (including phenoxy) is 1. The molecule has 0 aromatic heterocycles. The molecule has 0 spiro atoms. The average molecular weight is 241 g/mol. The Labute approximate surface area is 107 Å². The summed E-state index contributed by atoms with van der Waals surface area (Å²) in [6, 6.07) is 10.1. The van der Waals surface area contributed by atoms with Gasteiger partial charge in [0.2, 0.25) is 0 Å². The molecule has 0 N–H and O–H groups in total. The summed E-state index contributed by atoms with van der Waals surface area (Å²) < 4.78 is 4.81. The van der Waals surface area contributed by atoms with E-state index in [4.69, 9.17) is 4.74 Å². The molecule has 1 heterocycles. The Bertz CT molecular complexity index is 513. The maximum atomic E-state index is 11.7. The third kappa shape index (κ3) is 2.94. The van der Waals surface area contributed by atoms with E-state index in [9.17, 15) is 4.79 Å². The minimum absolute atomic E-state index is 0.303. The summed E-state index contributed by atoms with van der Waals surface area (Å²) in [4.78, 5) is 15.8. The van der Waals surface area contributed by atoms with Crippen molar-refractivity contribution in [2.75, 3.05) is 7.11 Å². The molecule has 1 aliphatic heterocycles. The molecular weight excluding hydrogens is 226 g/mol. The zero-order valence-corrected chi connectivity index (χ0v) is 10.3. The summed E-state index contributed by atoms with van der Waals surface area (Å²) >= 11 is 0. The number of aliphatic imine (C=N–C) groups is 1. The molecule has 1 aromatic rings. The Morgan fingerprint density at radius 3 is 2.83 bits per heavy atom. The predicted molar refractivity (Wildman–Crippen MR) is 71.4 cm³/mol. The van der Waals surface area contributed by atoms with Crippen LogP contribution in [0.25, 0.3) is 0 Å². The molecule has 18 heavy (non-hydrogen) atoms. The van der Waals surface area contributed by atoms with Gasteiger partial charge >= 0.3 is 5.97 Å². The molecule has 3 nitrogen and oxygen atoms in total. The molecule has 0 bridgehead atoms. The van der Waals surface area contributed by atoms with Gasteiger partial charge in [-0.2, -0.15) is 0 Å². The Morgan fingerprint density at radius 2 is 2.11 bits per heavy atom. The number of carbonyl (C=O) groups is 1. The monoisotopic (exact) mass is 241 g/mol. The van der Waals surface area contributed by atoms with E-state index in [-0.39, 0.29) is 5.97 Å². The van der Waals surface area contributed by atoms with Gasteiger partial charge in [0.1, 0.15) is 0 Å². The molecule has 0 aliphatic carbocycles. The summed E-state index contributed by atoms with van der Waals surface area (Å²) in [7, 11) is 1.40. The SMILES string of the molecule is COC(=O)C1=C(Cc2ccccc2)CC=NC=C1. The lowest BCUT2D eigenvalue weighted by molar-refractivity contribution is -0.135. The van der Waals surface area contributed by atoms with E-state index in [1.54, 1.807) is 12.3 Å². The fraction of sp³-hybridized carbons (Fsp3) is 0.200. The van der Waals surface area contributed by atoms with E-state index in [0.29, 0.717) is 12.0 Å². The Hall–Kier alpha value is -2.16. The standard InChI is InChI=1S/C15H15NO2/c1-18-15(17)14-8-10-16-9-7-13(14)11-12-5-3-2-4-6-12/h2-6,8-10H,7,11H2,1H3. The van der Waals surface area contributed by atoms with Crippen LogP contribution in [0.2, 0.25) is 0 Å². The highest BCUT2D eigenvalue weighted by Crippen LogP contribution is 2.19. The normalized spacial score (nSPS) is 14.5. The first kappa shape index (κ1) is 12.3. The van der Waals surface area contributed by atoms with Crippen molar-refractivity contribution < 1.29 is 9.53 Å². The fourth-order valence-electron chi connectivity index (χ4n) is 1.90. The molecule has 0 saturated heterocycles. The van der Waals surface area contributed by atoms with Gasteiger partial charge in [0, 0.05) is 18.8 Å². The van der Waals surface area contributed by atoms with Crippen LogP contribution in [0.4, 0.5) is 0 Å². The van der Waals surface area contributed by atoms with Crippen LogP contribution in [0.3, 0.4) is 0 Å². The Balaban J connectivity index is 2.30. The van der Waals surface area contributed by atoms with Crippen molar-refractivity contribution in [3.8, 4) is 0 Å². The maximum Gasteiger partial charge on any atom is 0.337 e. The van der Waals surface area contributed by atoms with Crippen LogP contribution in [-0.2, 0) is 16.0 Å². The first-order valence-corrected chi connectivity index (χ1v) is 5.83. The molecule has 0 fully saturated rings. The van der Waals surface area contributed by atoms with Crippen molar-refractivity contribution in [2.45, 2.75) is 12.8 Å². The number of rotatable bonds is 3. The van der Waals surface area contributed by atoms with E-state index in [0.717, 1.165) is 12.0 Å². The van der Waals surface area contributed by atoms with E-state index in [1.807, 2.05) is 36.5 Å². The largest absolute Gasteiger partial charge is 0.465 e. The number of methoxy groups -OCH3 is 1. The zero-order chi connectivity index (χ0) is 12.8. The summed E-state index contributed by atoms with van der Waals surface area (Å²) in [5, 5.41) is 0. The van der Waals surface area contributed by atoms with Gasteiger partial charge in [-0.1, -0.05) is 30.3 Å². The third-order valence-corrected chi connectivity index (χ3v) is 2.82. The van der Waals surface area contributed by atoms with Crippen molar-refractivity contribution >= 4 is 12.2 Å². The van der Waals surface area contributed by atoms with Gasteiger partial charge in [-0.15, -0.1) is 0 Å². The highest BCUT2D eigenvalue weighted by atomic mass is 16.5. The van der Waals surface area contributed by atoms with Gasteiger partial charge in [-0.3, -0.25) is 4.99 Å². The molecule has 0 radical (unpaired) electrons. The van der Waals surface area contributed by atoms with Crippen LogP contribution < -0.4 is 0 Å². The second-order valence-corrected chi connectivity index (χ2v) is 4.02.